The SMILES string of the molecule is CN1CCc2c(c3ccccc3n2CCC(=N)NO)C1. The number of hydrogen-bond donors (Lipinski definition) is 3. The van der Waals surface area contributed by atoms with Gasteiger partial charge in [-0.1, -0.05) is 18.2 Å². The molecule has 1 aromatic carbocycles. The van der Waals surface area contributed by atoms with E-state index in [1.54, 1.807) is 0 Å². The zero-order chi connectivity index (χ0) is 14.1. The van der Waals surface area contributed by atoms with Gasteiger partial charge in [0, 0.05) is 49.1 Å². The summed E-state index contributed by atoms with van der Waals surface area (Å²) in [6.07, 6.45) is 1.55. The summed E-state index contributed by atoms with van der Waals surface area (Å²) in [6, 6.07) is 8.46. The first-order valence-corrected chi connectivity index (χ1v) is 6.95. The first-order valence-electron chi connectivity index (χ1n) is 6.95. The number of amidine groups is 1. The van der Waals surface area contributed by atoms with Gasteiger partial charge in [-0.05, 0) is 18.7 Å². The van der Waals surface area contributed by atoms with Crippen molar-refractivity contribution in [1.29, 1.82) is 5.41 Å². The van der Waals surface area contributed by atoms with E-state index in [1.807, 2.05) is 5.48 Å². The Balaban J connectivity index is 2.04. The van der Waals surface area contributed by atoms with E-state index >= 15 is 0 Å². The van der Waals surface area contributed by atoms with E-state index in [1.165, 1.54) is 22.2 Å². The molecule has 5 nitrogen and oxygen atoms in total. The van der Waals surface area contributed by atoms with Gasteiger partial charge in [-0.25, -0.2) is 0 Å². The predicted molar refractivity (Wildman–Crippen MR) is 79.2 cm³/mol. The van der Waals surface area contributed by atoms with Crippen LogP contribution in [-0.4, -0.2) is 34.1 Å². The van der Waals surface area contributed by atoms with Crippen molar-refractivity contribution >= 4 is 16.7 Å². The van der Waals surface area contributed by atoms with Gasteiger partial charge in [0.15, 0.2) is 0 Å². The van der Waals surface area contributed by atoms with Crippen LogP contribution in [-0.2, 0) is 19.5 Å². The van der Waals surface area contributed by atoms with Gasteiger partial charge in [0.25, 0.3) is 0 Å². The molecule has 0 atom stereocenters. The van der Waals surface area contributed by atoms with Crippen LogP contribution in [0.2, 0.25) is 0 Å². The first-order chi connectivity index (χ1) is 9.70. The Morgan fingerprint density at radius 1 is 1.40 bits per heavy atom. The molecule has 2 heterocycles. The summed E-state index contributed by atoms with van der Waals surface area (Å²) < 4.78 is 2.31. The fourth-order valence-electron chi connectivity index (χ4n) is 3.07. The third-order valence-corrected chi connectivity index (χ3v) is 4.07. The number of benzene rings is 1. The molecule has 1 aromatic heterocycles. The Morgan fingerprint density at radius 3 is 3.00 bits per heavy atom. The number of aryl methyl sites for hydroxylation is 1. The third kappa shape index (κ3) is 2.19. The summed E-state index contributed by atoms with van der Waals surface area (Å²) in [5, 5.41) is 17.6. The third-order valence-electron chi connectivity index (χ3n) is 4.07. The molecule has 0 unspecified atom stereocenters. The fraction of sp³-hybridized carbons (Fsp3) is 0.400. The van der Waals surface area contributed by atoms with Crippen molar-refractivity contribution in [3.05, 3.63) is 35.5 Å². The van der Waals surface area contributed by atoms with Gasteiger partial charge < -0.3 is 9.47 Å². The van der Waals surface area contributed by atoms with E-state index in [-0.39, 0.29) is 5.84 Å². The predicted octanol–water partition coefficient (Wildman–Crippen LogP) is 1.98. The van der Waals surface area contributed by atoms with Gasteiger partial charge in [0.05, 0.1) is 0 Å². The van der Waals surface area contributed by atoms with Crippen LogP contribution in [0.4, 0.5) is 0 Å². The number of hydroxylamine groups is 1. The lowest BCUT2D eigenvalue weighted by Gasteiger charge is -2.24. The smallest absolute Gasteiger partial charge is 0.119 e. The maximum atomic E-state index is 8.76. The molecule has 5 heteroatoms. The van der Waals surface area contributed by atoms with Crippen molar-refractivity contribution in [3.63, 3.8) is 0 Å². The lowest BCUT2D eigenvalue weighted by atomic mass is 10.1. The highest BCUT2D eigenvalue weighted by molar-refractivity contribution is 5.86. The number of hydrogen-bond acceptors (Lipinski definition) is 3. The molecule has 3 N–H and O–H groups in total. The molecule has 0 radical (unpaired) electrons. The molecule has 0 saturated carbocycles. The highest BCUT2D eigenvalue weighted by Crippen LogP contribution is 2.30. The number of nitrogens with zero attached hydrogens (tertiary/aromatic N) is 2. The molecule has 0 amide bonds. The minimum absolute atomic E-state index is 0.157. The number of nitrogens with one attached hydrogen (secondary N) is 2. The Labute approximate surface area is 118 Å². The molecule has 0 saturated heterocycles. The Kier molecular flexibility index (Phi) is 3.46. The Hall–Kier alpha value is -1.85. The lowest BCUT2D eigenvalue weighted by Crippen LogP contribution is -2.27. The van der Waals surface area contributed by atoms with E-state index < -0.39 is 0 Å². The summed E-state index contributed by atoms with van der Waals surface area (Å²) in [4.78, 5) is 2.34. The summed E-state index contributed by atoms with van der Waals surface area (Å²) in [6.45, 7) is 2.78. The number of aromatic nitrogens is 1. The van der Waals surface area contributed by atoms with Crippen molar-refractivity contribution in [1.82, 2.24) is 14.9 Å². The minimum Gasteiger partial charge on any atom is -0.344 e. The van der Waals surface area contributed by atoms with Gasteiger partial charge in [-0.2, -0.15) is 0 Å². The van der Waals surface area contributed by atoms with E-state index in [0.29, 0.717) is 6.42 Å². The highest BCUT2D eigenvalue weighted by Gasteiger charge is 2.21. The molecule has 0 bridgehead atoms. The van der Waals surface area contributed by atoms with Gasteiger partial charge >= 0.3 is 0 Å². The number of para-hydroxylation sites is 1. The second-order valence-corrected chi connectivity index (χ2v) is 5.42. The van der Waals surface area contributed by atoms with Crippen LogP contribution in [0.1, 0.15) is 17.7 Å². The van der Waals surface area contributed by atoms with Crippen LogP contribution < -0.4 is 5.48 Å². The van der Waals surface area contributed by atoms with Crippen molar-refractivity contribution in [2.24, 2.45) is 0 Å². The van der Waals surface area contributed by atoms with Crippen molar-refractivity contribution < 1.29 is 5.21 Å². The average Bonchev–Trinajstić information content (AvgIpc) is 2.78. The van der Waals surface area contributed by atoms with Crippen LogP contribution in [0.25, 0.3) is 10.9 Å². The van der Waals surface area contributed by atoms with Gasteiger partial charge in [-0.3, -0.25) is 16.1 Å². The Morgan fingerprint density at radius 2 is 2.20 bits per heavy atom. The average molecular weight is 272 g/mol. The van der Waals surface area contributed by atoms with Crippen molar-refractivity contribution in [2.75, 3.05) is 13.6 Å². The maximum absolute atomic E-state index is 8.76. The van der Waals surface area contributed by atoms with Gasteiger partial charge in [0.2, 0.25) is 0 Å². The first kappa shape index (κ1) is 13.1. The van der Waals surface area contributed by atoms with E-state index in [2.05, 4.69) is 40.8 Å². The van der Waals surface area contributed by atoms with Crippen molar-refractivity contribution in [2.45, 2.75) is 25.9 Å². The molecule has 0 spiro atoms. The second kappa shape index (κ2) is 5.26. The summed E-state index contributed by atoms with van der Waals surface area (Å²) in [5.74, 6) is 0.157. The van der Waals surface area contributed by atoms with Crippen LogP contribution in [0.5, 0.6) is 0 Å². The van der Waals surface area contributed by atoms with Crippen molar-refractivity contribution in [3.8, 4) is 0 Å². The molecule has 1 aliphatic heterocycles. The van der Waals surface area contributed by atoms with E-state index in [9.17, 15) is 0 Å². The second-order valence-electron chi connectivity index (χ2n) is 5.42. The zero-order valence-corrected chi connectivity index (χ0v) is 11.7. The standard InChI is InChI=1S/C15H20N4O/c1-18-8-6-14-12(10-18)11-4-2-3-5-13(11)19(14)9-7-15(16)17-20/h2-5,20H,6-10H2,1H3,(H2,16,17). The molecule has 0 aliphatic carbocycles. The lowest BCUT2D eigenvalue weighted by molar-refractivity contribution is 0.230. The zero-order valence-electron chi connectivity index (χ0n) is 11.7. The number of rotatable bonds is 3. The highest BCUT2D eigenvalue weighted by atomic mass is 16.5. The summed E-state index contributed by atoms with van der Waals surface area (Å²) in [7, 11) is 2.15. The van der Waals surface area contributed by atoms with Gasteiger partial charge in [0.1, 0.15) is 5.84 Å². The topological polar surface area (TPSA) is 64.3 Å². The maximum Gasteiger partial charge on any atom is 0.119 e. The summed E-state index contributed by atoms with van der Waals surface area (Å²) >= 11 is 0. The number of fused-ring (bicyclic) bond motifs is 3. The van der Waals surface area contributed by atoms with Crippen LogP contribution in [0.3, 0.4) is 0 Å². The fourth-order valence-corrected chi connectivity index (χ4v) is 3.07. The van der Waals surface area contributed by atoms with Crippen LogP contribution in [0, 0.1) is 5.41 Å². The molecule has 3 rings (SSSR count). The van der Waals surface area contributed by atoms with E-state index in [0.717, 1.165) is 26.1 Å². The largest absolute Gasteiger partial charge is 0.344 e. The summed E-state index contributed by atoms with van der Waals surface area (Å²) in [5.41, 5.74) is 5.96. The molecule has 106 valence electrons. The molecule has 20 heavy (non-hydrogen) atoms. The molecule has 2 aromatic rings. The molecular formula is C15H20N4O. The minimum atomic E-state index is 0.157. The monoisotopic (exact) mass is 272 g/mol. The van der Waals surface area contributed by atoms with E-state index in [4.69, 9.17) is 10.6 Å². The molecule has 1 aliphatic rings. The molecular weight excluding hydrogens is 252 g/mol. The van der Waals surface area contributed by atoms with Gasteiger partial charge in [-0.15, -0.1) is 0 Å². The van der Waals surface area contributed by atoms with Crippen LogP contribution >= 0.6 is 0 Å². The quantitative estimate of drug-likeness (QED) is 0.455. The molecule has 0 fully saturated rings. The van der Waals surface area contributed by atoms with Crippen LogP contribution in [0.15, 0.2) is 24.3 Å². The number of likely N-dealkylation sites (N-methyl/N-ethyl adjacent to an activating group) is 1. The Bertz CT molecular complexity index is 647. The normalized spacial score (nSPS) is 15.3.